The minimum absolute atomic E-state index is 0.106. The number of rotatable bonds is 10. The molecule has 0 radical (unpaired) electrons. The Morgan fingerprint density at radius 3 is 2.23 bits per heavy atom. The zero-order chi connectivity index (χ0) is 22.8. The van der Waals surface area contributed by atoms with Gasteiger partial charge in [-0.2, -0.15) is 0 Å². The molecule has 0 heterocycles. The van der Waals surface area contributed by atoms with Gasteiger partial charge in [0.1, 0.15) is 0 Å². The van der Waals surface area contributed by atoms with Gasteiger partial charge in [0.2, 0.25) is 5.91 Å². The number of benzene rings is 2. The number of amides is 2. The van der Waals surface area contributed by atoms with Crippen LogP contribution in [0.25, 0.3) is 0 Å². The lowest BCUT2D eigenvalue weighted by Crippen LogP contribution is -2.34. The van der Waals surface area contributed by atoms with Crippen LogP contribution in [-0.2, 0) is 14.3 Å². The Kier molecular flexibility index (Phi) is 9.53. The maximum absolute atomic E-state index is 13.3. The van der Waals surface area contributed by atoms with Crippen molar-refractivity contribution in [1.29, 1.82) is 0 Å². The molecule has 1 N–H and O–H groups in total. The minimum atomic E-state index is -0.292. The number of hydrogen-bond acceptors (Lipinski definition) is 4. The van der Waals surface area contributed by atoms with E-state index in [4.69, 9.17) is 11.6 Å². The number of methoxy groups -OCH3 is 1. The van der Waals surface area contributed by atoms with Gasteiger partial charge in [-0.3, -0.25) is 14.4 Å². The zero-order valence-electron chi connectivity index (χ0n) is 18.2. The van der Waals surface area contributed by atoms with E-state index in [2.05, 4.69) is 10.1 Å². The van der Waals surface area contributed by atoms with Crippen LogP contribution in [0.15, 0.2) is 42.5 Å². The first kappa shape index (κ1) is 24.4. The maximum atomic E-state index is 13.3. The van der Waals surface area contributed by atoms with Gasteiger partial charge in [0.15, 0.2) is 0 Å². The van der Waals surface area contributed by atoms with Crippen molar-refractivity contribution < 1.29 is 19.1 Å². The molecule has 0 saturated carbocycles. The van der Waals surface area contributed by atoms with Gasteiger partial charge in [-0.25, -0.2) is 0 Å². The van der Waals surface area contributed by atoms with E-state index in [-0.39, 0.29) is 30.6 Å². The standard InChI is InChI=1S/C24H29ClN2O4/c1-17-7-4-8-18(2)23(17)27(24(30)19-11-13-20(25)14-12-19)16-6-9-21(28)26-15-5-10-22(29)31-3/h4,7-8,11-14H,5-6,9-10,15-16H2,1-3H3,(H,26,28). The summed E-state index contributed by atoms with van der Waals surface area (Å²) < 4.78 is 4.58. The van der Waals surface area contributed by atoms with E-state index in [1.54, 1.807) is 29.2 Å². The number of hydrogen-bond donors (Lipinski definition) is 1. The number of carbonyl (C=O) groups excluding carboxylic acids is 3. The van der Waals surface area contributed by atoms with Gasteiger partial charge in [-0.05, 0) is 62.1 Å². The molecule has 2 aromatic rings. The number of anilines is 1. The Balaban J connectivity index is 2.03. The molecule has 0 aliphatic carbocycles. The SMILES string of the molecule is COC(=O)CCCNC(=O)CCCN(C(=O)c1ccc(Cl)cc1)c1c(C)cccc1C. The normalized spacial score (nSPS) is 10.5. The van der Waals surface area contributed by atoms with Crippen LogP contribution in [0, 0.1) is 13.8 Å². The third kappa shape index (κ3) is 7.40. The van der Waals surface area contributed by atoms with Gasteiger partial charge in [0, 0.05) is 42.2 Å². The molecule has 0 aromatic heterocycles. The molecule has 0 unspecified atom stereocenters. The number of para-hydroxylation sites is 1. The third-order valence-corrected chi connectivity index (χ3v) is 5.19. The van der Waals surface area contributed by atoms with Crippen molar-refractivity contribution in [3.05, 3.63) is 64.2 Å². The quantitative estimate of drug-likeness (QED) is 0.433. The molecule has 31 heavy (non-hydrogen) atoms. The smallest absolute Gasteiger partial charge is 0.305 e. The van der Waals surface area contributed by atoms with Crippen molar-refractivity contribution in [2.24, 2.45) is 0 Å². The Bertz CT molecular complexity index is 892. The Labute approximate surface area is 188 Å². The molecule has 0 aliphatic heterocycles. The van der Waals surface area contributed by atoms with Crippen LogP contribution in [0.2, 0.25) is 5.02 Å². The molecule has 0 atom stereocenters. The summed E-state index contributed by atoms with van der Waals surface area (Å²) >= 11 is 5.96. The van der Waals surface area contributed by atoms with Gasteiger partial charge in [-0.15, -0.1) is 0 Å². The van der Waals surface area contributed by atoms with Crippen molar-refractivity contribution in [3.63, 3.8) is 0 Å². The van der Waals surface area contributed by atoms with E-state index in [0.29, 0.717) is 36.5 Å². The molecular weight excluding hydrogens is 416 g/mol. The topological polar surface area (TPSA) is 75.7 Å². The molecule has 0 saturated heterocycles. The molecule has 166 valence electrons. The molecule has 2 amide bonds. The Morgan fingerprint density at radius 2 is 1.61 bits per heavy atom. The van der Waals surface area contributed by atoms with E-state index in [9.17, 15) is 14.4 Å². The summed E-state index contributed by atoms with van der Waals surface area (Å²) in [5, 5.41) is 3.37. The molecule has 0 aliphatic rings. The van der Waals surface area contributed by atoms with Crippen molar-refractivity contribution in [2.45, 2.75) is 39.5 Å². The number of nitrogens with zero attached hydrogens (tertiary/aromatic N) is 1. The van der Waals surface area contributed by atoms with Gasteiger partial charge in [0.25, 0.3) is 5.91 Å². The molecule has 6 nitrogen and oxygen atoms in total. The van der Waals surface area contributed by atoms with E-state index < -0.39 is 0 Å². The lowest BCUT2D eigenvalue weighted by Gasteiger charge is -2.26. The van der Waals surface area contributed by atoms with Crippen LogP contribution in [0.1, 0.15) is 47.2 Å². The summed E-state index contributed by atoms with van der Waals surface area (Å²) in [6, 6.07) is 12.7. The lowest BCUT2D eigenvalue weighted by molar-refractivity contribution is -0.140. The van der Waals surface area contributed by atoms with E-state index >= 15 is 0 Å². The van der Waals surface area contributed by atoms with Gasteiger partial charge < -0.3 is 15.0 Å². The van der Waals surface area contributed by atoms with Crippen LogP contribution in [-0.4, -0.2) is 38.0 Å². The summed E-state index contributed by atoms with van der Waals surface area (Å²) in [5.41, 5.74) is 3.39. The first-order valence-corrected chi connectivity index (χ1v) is 10.7. The summed E-state index contributed by atoms with van der Waals surface area (Å²) in [5.74, 6) is -0.531. The van der Waals surface area contributed by atoms with Crippen LogP contribution in [0.5, 0.6) is 0 Å². The highest BCUT2D eigenvalue weighted by Crippen LogP contribution is 2.27. The Morgan fingerprint density at radius 1 is 0.968 bits per heavy atom. The maximum Gasteiger partial charge on any atom is 0.305 e. The first-order chi connectivity index (χ1) is 14.8. The lowest BCUT2D eigenvalue weighted by atomic mass is 10.1. The van der Waals surface area contributed by atoms with Crippen molar-refractivity contribution in [1.82, 2.24) is 5.32 Å². The molecule has 2 aromatic carbocycles. The van der Waals surface area contributed by atoms with Crippen LogP contribution in [0.4, 0.5) is 5.69 Å². The summed E-state index contributed by atoms with van der Waals surface area (Å²) in [7, 11) is 1.34. The number of aryl methyl sites for hydroxylation is 2. The van der Waals surface area contributed by atoms with Crippen LogP contribution < -0.4 is 10.2 Å². The molecular formula is C24H29ClN2O4. The van der Waals surface area contributed by atoms with Crippen molar-refractivity contribution >= 4 is 35.1 Å². The van der Waals surface area contributed by atoms with E-state index in [1.165, 1.54) is 7.11 Å². The molecule has 7 heteroatoms. The van der Waals surface area contributed by atoms with E-state index in [0.717, 1.165) is 16.8 Å². The molecule has 0 fully saturated rings. The fourth-order valence-corrected chi connectivity index (χ4v) is 3.47. The second kappa shape index (κ2) is 12.1. The Hall–Kier alpha value is -2.86. The third-order valence-electron chi connectivity index (χ3n) is 4.94. The zero-order valence-corrected chi connectivity index (χ0v) is 19.0. The highest BCUT2D eigenvalue weighted by molar-refractivity contribution is 6.30. The second-order valence-corrected chi connectivity index (χ2v) is 7.77. The van der Waals surface area contributed by atoms with Gasteiger partial charge in [0.05, 0.1) is 7.11 Å². The average molecular weight is 445 g/mol. The summed E-state index contributed by atoms with van der Waals surface area (Å²) in [4.78, 5) is 38.3. The summed E-state index contributed by atoms with van der Waals surface area (Å²) in [6.45, 7) is 4.76. The molecule has 0 bridgehead atoms. The predicted molar refractivity (Wildman–Crippen MR) is 123 cm³/mol. The fraction of sp³-hybridized carbons (Fsp3) is 0.375. The van der Waals surface area contributed by atoms with Crippen LogP contribution in [0.3, 0.4) is 0 Å². The molecule has 0 spiro atoms. The highest BCUT2D eigenvalue weighted by Gasteiger charge is 2.21. The number of esters is 1. The minimum Gasteiger partial charge on any atom is -0.469 e. The molecule has 2 rings (SSSR count). The number of halogens is 1. The van der Waals surface area contributed by atoms with Gasteiger partial charge in [-0.1, -0.05) is 29.8 Å². The number of ether oxygens (including phenoxy) is 1. The average Bonchev–Trinajstić information content (AvgIpc) is 2.75. The van der Waals surface area contributed by atoms with E-state index in [1.807, 2.05) is 32.0 Å². The highest BCUT2D eigenvalue weighted by atomic mass is 35.5. The van der Waals surface area contributed by atoms with Crippen molar-refractivity contribution in [2.75, 3.05) is 25.1 Å². The number of carbonyl (C=O) groups is 3. The van der Waals surface area contributed by atoms with Crippen LogP contribution >= 0.6 is 11.6 Å². The van der Waals surface area contributed by atoms with Gasteiger partial charge >= 0.3 is 5.97 Å². The monoisotopic (exact) mass is 444 g/mol. The summed E-state index contributed by atoms with van der Waals surface area (Å²) in [6.07, 6.45) is 1.60. The number of nitrogens with one attached hydrogen (secondary N) is 1. The van der Waals surface area contributed by atoms with Crippen molar-refractivity contribution in [3.8, 4) is 0 Å². The largest absolute Gasteiger partial charge is 0.469 e. The predicted octanol–water partition coefficient (Wildman–Crippen LogP) is 4.45. The first-order valence-electron chi connectivity index (χ1n) is 10.3. The second-order valence-electron chi connectivity index (χ2n) is 7.34. The fourth-order valence-electron chi connectivity index (χ4n) is 3.34.